The SMILES string of the molecule is CCOCC(=O)Nc1cc2c(cc1N)OCC(=O)N2. The van der Waals surface area contributed by atoms with E-state index in [2.05, 4.69) is 10.6 Å². The summed E-state index contributed by atoms with van der Waals surface area (Å²) in [7, 11) is 0. The van der Waals surface area contributed by atoms with E-state index >= 15 is 0 Å². The minimum atomic E-state index is -0.309. The molecule has 7 nitrogen and oxygen atoms in total. The highest BCUT2D eigenvalue weighted by atomic mass is 16.5. The third kappa shape index (κ3) is 3.14. The van der Waals surface area contributed by atoms with Crippen LogP contribution in [0.25, 0.3) is 0 Å². The summed E-state index contributed by atoms with van der Waals surface area (Å²) >= 11 is 0. The summed E-state index contributed by atoms with van der Waals surface area (Å²) < 4.78 is 10.2. The third-order valence-electron chi connectivity index (χ3n) is 2.50. The van der Waals surface area contributed by atoms with Crippen molar-refractivity contribution in [3.05, 3.63) is 12.1 Å². The lowest BCUT2D eigenvalue weighted by atomic mass is 10.2. The molecule has 102 valence electrons. The summed E-state index contributed by atoms with van der Waals surface area (Å²) in [5.41, 5.74) is 7.06. The fraction of sp³-hybridized carbons (Fsp3) is 0.333. The molecule has 1 aliphatic heterocycles. The van der Waals surface area contributed by atoms with Crippen LogP contribution in [0.1, 0.15) is 6.92 Å². The normalized spacial score (nSPS) is 13.2. The summed E-state index contributed by atoms with van der Waals surface area (Å²) in [5.74, 6) is -0.0691. The van der Waals surface area contributed by atoms with Crippen LogP contribution >= 0.6 is 0 Å². The Morgan fingerprint density at radius 3 is 3.11 bits per heavy atom. The number of ether oxygens (including phenoxy) is 2. The number of rotatable bonds is 4. The minimum Gasteiger partial charge on any atom is -0.482 e. The molecule has 4 N–H and O–H groups in total. The molecule has 1 heterocycles. The first-order valence-corrected chi connectivity index (χ1v) is 5.84. The van der Waals surface area contributed by atoms with Gasteiger partial charge in [-0.1, -0.05) is 0 Å². The smallest absolute Gasteiger partial charge is 0.262 e. The molecule has 0 aromatic heterocycles. The van der Waals surface area contributed by atoms with Crippen LogP contribution in [-0.2, 0) is 14.3 Å². The van der Waals surface area contributed by atoms with E-state index in [-0.39, 0.29) is 25.0 Å². The standard InChI is InChI=1S/C12H15N3O4/c1-2-18-5-11(16)14-8-4-9-10(3-7(8)13)19-6-12(17)15-9/h3-4H,2,5-6,13H2,1H3,(H,14,16)(H,15,17). The van der Waals surface area contributed by atoms with Crippen molar-refractivity contribution in [1.29, 1.82) is 0 Å². The molecule has 0 radical (unpaired) electrons. The van der Waals surface area contributed by atoms with Crippen molar-refractivity contribution >= 4 is 28.9 Å². The van der Waals surface area contributed by atoms with Gasteiger partial charge in [-0.05, 0) is 13.0 Å². The molecule has 0 spiro atoms. The molecule has 19 heavy (non-hydrogen) atoms. The van der Waals surface area contributed by atoms with Gasteiger partial charge in [0.15, 0.2) is 6.61 Å². The highest BCUT2D eigenvalue weighted by Gasteiger charge is 2.18. The maximum absolute atomic E-state index is 11.5. The largest absolute Gasteiger partial charge is 0.482 e. The van der Waals surface area contributed by atoms with E-state index in [4.69, 9.17) is 15.2 Å². The number of carbonyl (C=O) groups excluding carboxylic acids is 2. The van der Waals surface area contributed by atoms with E-state index < -0.39 is 0 Å². The number of benzene rings is 1. The molecule has 0 unspecified atom stereocenters. The maximum atomic E-state index is 11.5. The van der Waals surface area contributed by atoms with Crippen LogP contribution in [-0.4, -0.2) is 31.6 Å². The van der Waals surface area contributed by atoms with Crippen molar-refractivity contribution in [1.82, 2.24) is 0 Å². The summed E-state index contributed by atoms with van der Waals surface area (Å²) in [6, 6.07) is 3.12. The Labute approximate surface area is 110 Å². The van der Waals surface area contributed by atoms with Crippen molar-refractivity contribution in [2.45, 2.75) is 6.92 Å². The number of fused-ring (bicyclic) bond motifs is 1. The second-order valence-corrected chi connectivity index (χ2v) is 3.96. The van der Waals surface area contributed by atoms with Crippen molar-refractivity contribution in [3.8, 4) is 5.75 Å². The molecule has 1 aromatic carbocycles. The van der Waals surface area contributed by atoms with Crippen molar-refractivity contribution in [2.75, 3.05) is 36.2 Å². The third-order valence-corrected chi connectivity index (χ3v) is 2.50. The average Bonchev–Trinajstić information content (AvgIpc) is 2.38. The van der Waals surface area contributed by atoms with Gasteiger partial charge in [-0.25, -0.2) is 0 Å². The van der Waals surface area contributed by atoms with Gasteiger partial charge in [0, 0.05) is 12.7 Å². The van der Waals surface area contributed by atoms with Crippen LogP contribution in [0.5, 0.6) is 5.75 Å². The van der Waals surface area contributed by atoms with Gasteiger partial charge < -0.3 is 25.8 Å². The molecule has 0 saturated heterocycles. The Bertz CT molecular complexity index is 516. The van der Waals surface area contributed by atoms with Crippen LogP contribution in [0.15, 0.2) is 12.1 Å². The first-order valence-electron chi connectivity index (χ1n) is 5.84. The fourth-order valence-corrected chi connectivity index (χ4v) is 1.63. The van der Waals surface area contributed by atoms with E-state index in [9.17, 15) is 9.59 Å². The van der Waals surface area contributed by atoms with Gasteiger partial charge in [-0.3, -0.25) is 9.59 Å². The lowest BCUT2D eigenvalue weighted by Gasteiger charge is -2.20. The van der Waals surface area contributed by atoms with E-state index in [1.54, 1.807) is 19.1 Å². The maximum Gasteiger partial charge on any atom is 0.262 e. The van der Waals surface area contributed by atoms with Crippen molar-refractivity contribution in [3.63, 3.8) is 0 Å². The van der Waals surface area contributed by atoms with Crippen molar-refractivity contribution in [2.24, 2.45) is 0 Å². The topological polar surface area (TPSA) is 103 Å². The predicted molar refractivity (Wildman–Crippen MR) is 70.1 cm³/mol. The van der Waals surface area contributed by atoms with Gasteiger partial charge in [0.25, 0.3) is 5.91 Å². The Morgan fingerprint density at radius 2 is 2.37 bits per heavy atom. The predicted octanol–water partition coefficient (Wildman–Crippen LogP) is 0.575. The lowest BCUT2D eigenvalue weighted by Crippen LogP contribution is -2.26. The Morgan fingerprint density at radius 1 is 1.58 bits per heavy atom. The second-order valence-electron chi connectivity index (χ2n) is 3.96. The van der Waals surface area contributed by atoms with Gasteiger partial charge in [0.05, 0.1) is 17.1 Å². The minimum absolute atomic E-state index is 0.0392. The first kappa shape index (κ1) is 13.2. The number of amides is 2. The van der Waals surface area contributed by atoms with E-state index in [0.29, 0.717) is 29.4 Å². The summed E-state index contributed by atoms with van der Waals surface area (Å²) in [6.45, 7) is 2.17. The molecule has 1 aromatic rings. The Hall–Kier alpha value is -2.28. The number of anilines is 3. The molecule has 1 aliphatic rings. The van der Waals surface area contributed by atoms with Gasteiger partial charge in [-0.2, -0.15) is 0 Å². The number of hydrogen-bond donors (Lipinski definition) is 3. The quantitative estimate of drug-likeness (QED) is 0.691. The number of hydrogen-bond acceptors (Lipinski definition) is 5. The van der Waals surface area contributed by atoms with Gasteiger partial charge in [-0.15, -0.1) is 0 Å². The van der Waals surface area contributed by atoms with Gasteiger partial charge in [0.2, 0.25) is 5.91 Å². The zero-order valence-corrected chi connectivity index (χ0v) is 10.5. The summed E-state index contributed by atoms with van der Waals surface area (Å²) in [5, 5.41) is 5.26. The van der Waals surface area contributed by atoms with E-state index in [1.807, 2.05) is 0 Å². The van der Waals surface area contributed by atoms with E-state index in [0.717, 1.165) is 0 Å². The Kier molecular flexibility index (Phi) is 3.86. The first-order chi connectivity index (χ1) is 9.10. The molecule has 0 saturated carbocycles. The van der Waals surface area contributed by atoms with Crippen LogP contribution in [0.4, 0.5) is 17.1 Å². The number of nitrogens with one attached hydrogen (secondary N) is 2. The lowest BCUT2D eigenvalue weighted by molar-refractivity contribution is -0.120. The fourth-order valence-electron chi connectivity index (χ4n) is 1.63. The van der Waals surface area contributed by atoms with Gasteiger partial charge >= 0.3 is 0 Å². The molecular weight excluding hydrogens is 250 g/mol. The van der Waals surface area contributed by atoms with Crippen molar-refractivity contribution < 1.29 is 19.1 Å². The molecule has 2 amide bonds. The van der Waals surface area contributed by atoms with Crippen LogP contribution in [0.3, 0.4) is 0 Å². The monoisotopic (exact) mass is 265 g/mol. The van der Waals surface area contributed by atoms with Crippen LogP contribution < -0.4 is 21.1 Å². The molecule has 2 rings (SSSR count). The summed E-state index contributed by atoms with van der Waals surface area (Å²) in [6.07, 6.45) is 0. The molecular formula is C12H15N3O4. The van der Waals surface area contributed by atoms with E-state index in [1.165, 1.54) is 0 Å². The highest BCUT2D eigenvalue weighted by molar-refractivity contribution is 6.00. The second kappa shape index (κ2) is 5.57. The number of nitrogens with two attached hydrogens (primary N) is 1. The number of nitrogen functional groups attached to an aromatic ring is 1. The molecule has 0 atom stereocenters. The van der Waals surface area contributed by atoms with Crippen LogP contribution in [0.2, 0.25) is 0 Å². The highest BCUT2D eigenvalue weighted by Crippen LogP contribution is 2.35. The number of carbonyl (C=O) groups is 2. The Balaban J connectivity index is 2.15. The zero-order valence-electron chi connectivity index (χ0n) is 10.5. The molecule has 7 heteroatoms. The summed E-state index contributed by atoms with van der Waals surface area (Å²) in [4.78, 5) is 22.8. The zero-order chi connectivity index (χ0) is 13.8. The molecule has 0 fully saturated rings. The molecule has 0 aliphatic carbocycles. The average molecular weight is 265 g/mol. The van der Waals surface area contributed by atoms with Gasteiger partial charge in [0.1, 0.15) is 12.4 Å². The van der Waals surface area contributed by atoms with Crippen LogP contribution in [0, 0.1) is 0 Å². The molecule has 0 bridgehead atoms.